The Morgan fingerprint density at radius 2 is 1.76 bits per heavy atom. The molecule has 2 aromatic carbocycles. The number of carbonyl (C=O) groups excluding carboxylic acids is 2. The third kappa shape index (κ3) is 5.02. The summed E-state index contributed by atoms with van der Waals surface area (Å²) in [5.74, 6) is -0.998. The Labute approximate surface area is 189 Å². The number of benzene rings is 2. The van der Waals surface area contributed by atoms with Gasteiger partial charge in [-0.05, 0) is 38.1 Å². The maximum absolute atomic E-state index is 12.8. The number of hydrogen-bond acceptors (Lipinski definition) is 7. The summed E-state index contributed by atoms with van der Waals surface area (Å²) in [5.41, 5.74) is 1.80. The number of hydrogen-bond donors (Lipinski definition) is 3. The van der Waals surface area contributed by atoms with Gasteiger partial charge < -0.3 is 10.1 Å². The van der Waals surface area contributed by atoms with Crippen LogP contribution in [0.1, 0.15) is 37.3 Å². The fourth-order valence-corrected chi connectivity index (χ4v) is 3.96. The molecule has 174 valence electrons. The molecule has 1 heterocycles. The van der Waals surface area contributed by atoms with Gasteiger partial charge in [-0.3, -0.25) is 19.8 Å². The highest BCUT2D eigenvalue weighted by Crippen LogP contribution is 2.27. The van der Waals surface area contributed by atoms with E-state index in [1.54, 1.807) is 38.1 Å². The maximum Gasteiger partial charge on any atom is 0.287 e. The molecule has 0 saturated heterocycles. The van der Waals surface area contributed by atoms with Crippen molar-refractivity contribution in [2.24, 2.45) is 0 Å². The zero-order chi connectivity index (χ0) is 24.3. The lowest BCUT2D eigenvalue weighted by Gasteiger charge is -2.14. The molecule has 0 aliphatic carbocycles. The lowest BCUT2D eigenvalue weighted by molar-refractivity contribution is -0.114. The van der Waals surface area contributed by atoms with Crippen LogP contribution in [-0.2, 0) is 14.8 Å². The van der Waals surface area contributed by atoms with Crippen molar-refractivity contribution < 1.29 is 22.7 Å². The molecular weight excluding hydrogens is 450 g/mol. The quantitative estimate of drug-likeness (QED) is 0.441. The smallest absolute Gasteiger partial charge is 0.287 e. The number of ether oxygens (including phenoxy) is 1. The Morgan fingerprint density at radius 3 is 2.36 bits per heavy atom. The Hall–Kier alpha value is -3.77. The zero-order valence-corrected chi connectivity index (χ0v) is 19.2. The normalized spacial score (nSPS) is 11.4. The maximum atomic E-state index is 12.8. The molecule has 11 nitrogen and oxygen atoms in total. The van der Waals surface area contributed by atoms with E-state index in [2.05, 4.69) is 15.8 Å². The summed E-state index contributed by atoms with van der Waals surface area (Å²) in [5, 5.41) is 7.19. The molecule has 1 aromatic heterocycles. The van der Waals surface area contributed by atoms with Crippen LogP contribution >= 0.6 is 0 Å². The standard InChI is InChI=1S/C21H23N5O6S/c1-12(2)26-21(29)16-8-6-5-7-15(16)19(24-26)20(28)23-25-33(30,31)14-9-10-18(32-4)17(11-14)22-13(3)27/h5-12,25H,1-4H3,(H,22,27)(H,23,28). The summed E-state index contributed by atoms with van der Waals surface area (Å²) < 4.78 is 31.8. The van der Waals surface area contributed by atoms with Gasteiger partial charge in [0.25, 0.3) is 21.5 Å². The van der Waals surface area contributed by atoms with Crippen molar-refractivity contribution in [2.45, 2.75) is 31.7 Å². The zero-order valence-electron chi connectivity index (χ0n) is 18.4. The van der Waals surface area contributed by atoms with Crippen molar-refractivity contribution in [3.05, 3.63) is 58.5 Å². The van der Waals surface area contributed by atoms with E-state index in [0.29, 0.717) is 0 Å². The molecule has 3 N–H and O–H groups in total. The molecule has 0 atom stereocenters. The minimum Gasteiger partial charge on any atom is -0.495 e. The average molecular weight is 474 g/mol. The Morgan fingerprint density at radius 1 is 1.09 bits per heavy atom. The Balaban J connectivity index is 1.92. The summed E-state index contributed by atoms with van der Waals surface area (Å²) in [7, 11) is -2.84. The fraction of sp³-hybridized carbons (Fsp3) is 0.238. The van der Waals surface area contributed by atoms with Crippen LogP contribution < -0.4 is 25.9 Å². The minimum absolute atomic E-state index is 0.115. The predicted octanol–water partition coefficient (Wildman–Crippen LogP) is 1.57. The van der Waals surface area contributed by atoms with Crippen LogP contribution in [0.5, 0.6) is 5.75 Å². The van der Waals surface area contributed by atoms with E-state index >= 15 is 0 Å². The van der Waals surface area contributed by atoms with Crippen molar-refractivity contribution in [2.75, 3.05) is 12.4 Å². The van der Waals surface area contributed by atoms with Crippen molar-refractivity contribution in [1.29, 1.82) is 0 Å². The van der Waals surface area contributed by atoms with E-state index in [-0.39, 0.29) is 44.4 Å². The van der Waals surface area contributed by atoms with Gasteiger partial charge in [-0.15, -0.1) is 4.83 Å². The number of methoxy groups -OCH3 is 1. The van der Waals surface area contributed by atoms with Crippen molar-refractivity contribution in [3.63, 3.8) is 0 Å². The number of carbonyl (C=O) groups is 2. The Bertz CT molecular complexity index is 1400. The number of aromatic nitrogens is 2. The summed E-state index contributed by atoms with van der Waals surface area (Å²) in [6.07, 6.45) is 0. The first-order chi connectivity index (χ1) is 15.5. The van der Waals surface area contributed by atoms with Gasteiger partial charge in [-0.2, -0.15) is 5.10 Å². The van der Waals surface area contributed by atoms with Gasteiger partial charge in [0, 0.05) is 12.3 Å². The number of hydrazine groups is 1. The van der Waals surface area contributed by atoms with Gasteiger partial charge in [0.05, 0.1) is 29.1 Å². The third-order valence-corrected chi connectivity index (χ3v) is 5.87. The molecule has 3 aromatic rings. The molecule has 0 fully saturated rings. The van der Waals surface area contributed by atoms with E-state index < -0.39 is 21.8 Å². The van der Waals surface area contributed by atoms with E-state index in [0.717, 1.165) is 4.68 Å². The van der Waals surface area contributed by atoms with Crippen LogP contribution in [0.15, 0.2) is 52.2 Å². The first-order valence-electron chi connectivity index (χ1n) is 9.84. The molecule has 0 radical (unpaired) electrons. The van der Waals surface area contributed by atoms with Gasteiger partial charge in [0.1, 0.15) is 5.75 Å². The lowest BCUT2D eigenvalue weighted by atomic mass is 10.1. The number of fused-ring (bicyclic) bond motifs is 1. The summed E-state index contributed by atoms with van der Waals surface area (Å²) in [4.78, 5) is 38.7. The van der Waals surface area contributed by atoms with Gasteiger partial charge in [-0.1, -0.05) is 18.2 Å². The minimum atomic E-state index is -4.22. The van der Waals surface area contributed by atoms with Crippen LogP contribution in [0.4, 0.5) is 5.69 Å². The largest absolute Gasteiger partial charge is 0.495 e. The molecule has 33 heavy (non-hydrogen) atoms. The first kappa shape index (κ1) is 23.9. The van der Waals surface area contributed by atoms with Crippen LogP contribution in [0, 0.1) is 0 Å². The Kier molecular flexibility index (Phi) is 6.79. The van der Waals surface area contributed by atoms with Crippen molar-refractivity contribution >= 4 is 38.3 Å². The number of sulfonamides is 1. The SMILES string of the molecule is COc1ccc(S(=O)(=O)NNC(=O)c2nn(C(C)C)c(=O)c3ccccc23)cc1NC(C)=O. The second kappa shape index (κ2) is 9.38. The summed E-state index contributed by atoms with van der Waals surface area (Å²) in [6, 6.07) is 9.93. The second-order valence-electron chi connectivity index (χ2n) is 7.34. The van der Waals surface area contributed by atoms with Crippen LogP contribution in [0.25, 0.3) is 10.8 Å². The number of nitrogens with one attached hydrogen (secondary N) is 3. The van der Waals surface area contributed by atoms with E-state index in [1.165, 1.54) is 32.2 Å². The van der Waals surface area contributed by atoms with Gasteiger partial charge in [0.2, 0.25) is 5.91 Å². The van der Waals surface area contributed by atoms with Gasteiger partial charge in [-0.25, -0.2) is 13.1 Å². The highest BCUT2D eigenvalue weighted by atomic mass is 32.2. The molecule has 0 bridgehead atoms. The van der Waals surface area contributed by atoms with Crippen molar-refractivity contribution in [3.8, 4) is 5.75 Å². The van der Waals surface area contributed by atoms with Gasteiger partial charge in [0.15, 0.2) is 5.69 Å². The summed E-state index contributed by atoms with van der Waals surface area (Å²) in [6.45, 7) is 4.75. The number of amides is 2. The first-order valence-corrected chi connectivity index (χ1v) is 11.3. The van der Waals surface area contributed by atoms with Crippen molar-refractivity contribution in [1.82, 2.24) is 20.0 Å². The molecule has 0 spiro atoms. The van der Waals surface area contributed by atoms with E-state index in [1.807, 2.05) is 4.83 Å². The topological polar surface area (TPSA) is 148 Å². The third-order valence-electron chi connectivity index (χ3n) is 4.62. The number of nitrogens with zero attached hydrogens (tertiary/aromatic N) is 2. The molecule has 2 amide bonds. The fourth-order valence-electron chi connectivity index (χ4n) is 3.10. The molecule has 0 aliphatic rings. The van der Waals surface area contributed by atoms with Gasteiger partial charge >= 0.3 is 0 Å². The molecule has 0 saturated carbocycles. The molecule has 0 unspecified atom stereocenters. The molecular formula is C21H23N5O6S. The molecule has 12 heteroatoms. The summed E-state index contributed by atoms with van der Waals surface area (Å²) >= 11 is 0. The number of anilines is 1. The molecule has 0 aliphatic heterocycles. The van der Waals surface area contributed by atoms with Crippen LogP contribution in [-0.4, -0.2) is 37.1 Å². The van der Waals surface area contributed by atoms with E-state index in [4.69, 9.17) is 4.74 Å². The predicted molar refractivity (Wildman–Crippen MR) is 121 cm³/mol. The molecule has 3 rings (SSSR count). The monoisotopic (exact) mass is 473 g/mol. The second-order valence-corrected chi connectivity index (χ2v) is 9.02. The highest BCUT2D eigenvalue weighted by Gasteiger charge is 2.21. The van der Waals surface area contributed by atoms with E-state index in [9.17, 15) is 22.8 Å². The average Bonchev–Trinajstić information content (AvgIpc) is 2.77. The van der Waals surface area contributed by atoms with Crippen LogP contribution in [0.3, 0.4) is 0 Å². The number of rotatable bonds is 7. The lowest BCUT2D eigenvalue weighted by Crippen LogP contribution is -2.42. The highest BCUT2D eigenvalue weighted by molar-refractivity contribution is 7.89. The van der Waals surface area contributed by atoms with Crippen LogP contribution in [0.2, 0.25) is 0 Å².